The van der Waals surface area contributed by atoms with Gasteiger partial charge >= 0.3 is 0 Å². The fourth-order valence-corrected chi connectivity index (χ4v) is 4.14. The number of benzene rings is 1. The van der Waals surface area contributed by atoms with Gasteiger partial charge in [0.25, 0.3) is 0 Å². The van der Waals surface area contributed by atoms with E-state index in [1.165, 1.54) is 11.1 Å². The van der Waals surface area contributed by atoms with Crippen LogP contribution in [0, 0.1) is 0 Å². The van der Waals surface area contributed by atoms with Gasteiger partial charge in [-0.25, -0.2) is 13.1 Å². The van der Waals surface area contributed by atoms with Gasteiger partial charge < -0.3 is 5.32 Å². The standard InChI is InChI=1S/C15H23N3O2S/c19-21(20,17-8-11-18-9-6-16-7-10-18)15-5-4-13-2-1-3-14(13)12-15/h4-5,12,16-17H,1-3,6-11H2. The van der Waals surface area contributed by atoms with Crippen LogP contribution in [0.25, 0.3) is 0 Å². The molecule has 1 aliphatic carbocycles. The molecule has 0 radical (unpaired) electrons. The summed E-state index contributed by atoms with van der Waals surface area (Å²) >= 11 is 0. The van der Waals surface area contributed by atoms with E-state index in [9.17, 15) is 8.42 Å². The predicted octanol–water partition coefficient (Wildman–Crippen LogP) is 0.359. The van der Waals surface area contributed by atoms with Crippen LogP contribution in [0.1, 0.15) is 17.5 Å². The molecule has 1 aromatic rings. The van der Waals surface area contributed by atoms with E-state index in [1.54, 1.807) is 6.07 Å². The van der Waals surface area contributed by atoms with Gasteiger partial charge in [0.15, 0.2) is 0 Å². The van der Waals surface area contributed by atoms with E-state index in [0.29, 0.717) is 11.4 Å². The van der Waals surface area contributed by atoms with Crippen molar-refractivity contribution in [1.29, 1.82) is 0 Å². The third-order valence-corrected chi connectivity index (χ3v) is 5.77. The molecule has 0 aromatic heterocycles. The van der Waals surface area contributed by atoms with Gasteiger partial charge in [0.2, 0.25) is 10.0 Å². The number of fused-ring (bicyclic) bond motifs is 1. The topological polar surface area (TPSA) is 61.4 Å². The Balaban J connectivity index is 1.58. The number of hydrogen-bond acceptors (Lipinski definition) is 4. The number of aryl methyl sites for hydroxylation is 2. The van der Waals surface area contributed by atoms with Crippen LogP contribution in [-0.4, -0.2) is 52.6 Å². The Morgan fingerprint density at radius 3 is 2.71 bits per heavy atom. The monoisotopic (exact) mass is 309 g/mol. The second kappa shape index (κ2) is 6.44. The first-order chi connectivity index (χ1) is 10.1. The maximum Gasteiger partial charge on any atom is 0.240 e. The molecule has 0 unspecified atom stereocenters. The average molecular weight is 309 g/mol. The van der Waals surface area contributed by atoms with Crippen molar-refractivity contribution in [2.45, 2.75) is 24.2 Å². The normalized spacial score (nSPS) is 19.6. The van der Waals surface area contributed by atoms with Crippen LogP contribution in [0.3, 0.4) is 0 Å². The summed E-state index contributed by atoms with van der Waals surface area (Å²) in [6, 6.07) is 5.54. The number of sulfonamides is 1. The lowest BCUT2D eigenvalue weighted by Crippen LogP contribution is -2.46. The van der Waals surface area contributed by atoms with Crippen molar-refractivity contribution in [2.75, 3.05) is 39.3 Å². The molecule has 5 nitrogen and oxygen atoms in total. The molecule has 0 bridgehead atoms. The minimum atomic E-state index is -3.37. The first kappa shape index (κ1) is 15.0. The number of piperazine rings is 1. The van der Waals surface area contributed by atoms with Crippen molar-refractivity contribution in [2.24, 2.45) is 0 Å². The summed E-state index contributed by atoms with van der Waals surface area (Å²) in [4.78, 5) is 2.69. The maximum atomic E-state index is 12.3. The summed E-state index contributed by atoms with van der Waals surface area (Å²) in [6.45, 7) is 5.18. The lowest BCUT2D eigenvalue weighted by Gasteiger charge is -2.27. The predicted molar refractivity (Wildman–Crippen MR) is 83.0 cm³/mol. The lowest BCUT2D eigenvalue weighted by atomic mass is 10.1. The molecule has 6 heteroatoms. The fourth-order valence-electron chi connectivity index (χ4n) is 3.07. The largest absolute Gasteiger partial charge is 0.314 e. The second-order valence-corrected chi connectivity index (χ2v) is 7.54. The SMILES string of the molecule is O=S(=O)(NCCN1CCNCC1)c1ccc2c(c1)CCC2. The van der Waals surface area contributed by atoms with E-state index in [4.69, 9.17) is 0 Å². The summed E-state index contributed by atoms with van der Waals surface area (Å²) in [7, 11) is -3.37. The second-order valence-electron chi connectivity index (χ2n) is 5.77. The first-order valence-electron chi connectivity index (χ1n) is 7.70. The maximum absolute atomic E-state index is 12.3. The van der Waals surface area contributed by atoms with Gasteiger partial charge in [0.05, 0.1) is 4.90 Å². The van der Waals surface area contributed by atoms with Crippen LogP contribution >= 0.6 is 0 Å². The Kier molecular flexibility index (Phi) is 4.59. The Bertz CT molecular complexity index is 595. The van der Waals surface area contributed by atoms with Crippen molar-refractivity contribution in [3.63, 3.8) is 0 Å². The highest BCUT2D eigenvalue weighted by Gasteiger charge is 2.18. The minimum absolute atomic E-state index is 0.406. The molecule has 2 aliphatic rings. The molecule has 0 atom stereocenters. The molecule has 1 saturated heterocycles. The number of nitrogens with one attached hydrogen (secondary N) is 2. The van der Waals surface area contributed by atoms with E-state index in [2.05, 4.69) is 14.9 Å². The number of nitrogens with zero attached hydrogens (tertiary/aromatic N) is 1. The highest BCUT2D eigenvalue weighted by atomic mass is 32.2. The molecule has 0 spiro atoms. The Labute approximate surface area is 126 Å². The van der Waals surface area contributed by atoms with E-state index in [-0.39, 0.29) is 0 Å². The summed E-state index contributed by atoms with van der Waals surface area (Å²) in [5.41, 5.74) is 2.50. The number of rotatable bonds is 5. The third kappa shape index (κ3) is 3.63. The molecule has 116 valence electrons. The summed E-state index contributed by atoms with van der Waals surface area (Å²) in [5.74, 6) is 0. The molecule has 1 aliphatic heterocycles. The molecular formula is C15H23N3O2S. The fraction of sp³-hybridized carbons (Fsp3) is 0.600. The molecule has 0 saturated carbocycles. The van der Waals surface area contributed by atoms with Crippen LogP contribution < -0.4 is 10.0 Å². The summed E-state index contributed by atoms with van der Waals surface area (Å²) < 4.78 is 27.4. The summed E-state index contributed by atoms with van der Waals surface area (Å²) in [6.07, 6.45) is 3.21. The molecule has 1 aromatic carbocycles. The van der Waals surface area contributed by atoms with E-state index >= 15 is 0 Å². The van der Waals surface area contributed by atoms with Gasteiger partial charge in [-0.15, -0.1) is 0 Å². The lowest BCUT2D eigenvalue weighted by molar-refractivity contribution is 0.245. The van der Waals surface area contributed by atoms with Crippen LogP contribution in [0.4, 0.5) is 0 Å². The van der Waals surface area contributed by atoms with Gasteiger partial charge in [0.1, 0.15) is 0 Å². The van der Waals surface area contributed by atoms with Crippen molar-refractivity contribution in [3.05, 3.63) is 29.3 Å². The molecule has 21 heavy (non-hydrogen) atoms. The number of hydrogen-bond donors (Lipinski definition) is 2. The highest BCUT2D eigenvalue weighted by molar-refractivity contribution is 7.89. The van der Waals surface area contributed by atoms with E-state index < -0.39 is 10.0 Å². The van der Waals surface area contributed by atoms with Gasteiger partial charge in [-0.2, -0.15) is 0 Å². The van der Waals surface area contributed by atoms with Crippen LogP contribution in [0.15, 0.2) is 23.1 Å². The summed E-state index contributed by atoms with van der Waals surface area (Å²) in [5, 5.41) is 3.29. The van der Waals surface area contributed by atoms with Crippen molar-refractivity contribution >= 4 is 10.0 Å². The van der Waals surface area contributed by atoms with Gasteiger partial charge in [0, 0.05) is 39.3 Å². The molecule has 1 fully saturated rings. The van der Waals surface area contributed by atoms with E-state index in [0.717, 1.165) is 52.0 Å². The Morgan fingerprint density at radius 2 is 1.90 bits per heavy atom. The Hall–Kier alpha value is -0.950. The first-order valence-corrected chi connectivity index (χ1v) is 9.18. The zero-order chi connectivity index (χ0) is 14.7. The Morgan fingerprint density at radius 1 is 1.14 bits per heavy atom. The highest BCUT2D eigenvalue weighted by Crippen LogP contribution is 2.24. The van der Waals surface area contributed by atoms with E-state index in [1.807, 2.05) is 12.1 Å². The van der Waals surface area contributed by atoms with Crippen molar-refractivity contribution in [3.8, 4) is 0 Å². The van der Waals surface area contributed by atoms with Crippen LogP contribution in [0.2, 0.25) is 0 Å². The van der Waals surface area contributed by atoms with Gasteiger partial charge in [-0.05, 0) is 42.5 Å². The zero-order valence-corrected chi connectivity index (χ0v) is 13.1. The average Bonchev–Trinajstić information content (AvgIpc) is 2.95. The molecule has 0 amide bonds. The molecule has 3 rings (SSSR count). The van der Waals surface area contributed by atoms with Gasteiger partial charge in [-0.3, -0.25) is 4.90 Å². The van der Waals surface area contributed by atoms with Crippen molar-refractivity contribution in [1.82, 2.24) is 14.9 Å². The van der Waals surface area contributed by atoms with Crippen LogP contribution in [-0.2, 0) is 22.9 Å². The van der Waals surface area contributed by atoms with Gasteiger partial charge in [-0.1, -0.05) is 6.07 Å². The van der Waals surface area contributed by atoms with Crippen molar-refractivity contribution < 1.29 is 8.42 Å². The molecule has 1 heterocycles. The van der Waals surface area contributed by atoms with Crippen LogP contribution in [0.5, 0.6) is 0 Å². The zero-order valence-electron chi connectivity index (χ0n) is 12.3. The molecule has 2 N–H and O–H groups in total. The molecular weight excluding hydrogens is 286 g/mol. The minimum Gasteiger partial charge on any atom is -0.314 e. The smallest absolute Gasteiger partial charge is 0.240 e. The third-order valence-electron chi connectivity index (χ3n) is 4.31. The quantitative estimate of drug-likeness (QED) is 0.824.